The number of hydrogen-bond donors (Lipinski definition) is 1. The molecule has 0 fully saturated rings. The first-order valence-corrected chi connectivity index (χ1v) is 10.1. The van der Waals surface area contributed by atoms with Crippen molar-refractivity contribution < 1.29 is 23.0 Å². The molecule has 156 valence electrons. The van der Waals surface area contributed by atoms with Gasteiger partial charge in [-0.1, -0.05) is 36.0 Å². The van der Waals surface area contributed by atoms with E-state index in [4.69, 9.17) is 9.47 Å². The Balaban J connectivity index is 1.40. The summed E-state index contributed by atoms with van der Waals surface area (Å²) in [4.78, 5) is 16.8. The van der Waals surface area contributed by atoms with E-state index in [1.165, 1.54) is 24.3 Å². The summed E-state index contributed by atoms with van der Waals surface area (Å²) in [6.07, 6.45) is 1.62. The van der Waals surface area contributed by atoms with Crippen LogP contribution in [-0.4, -0.2) is 29.9 Å². The molecule has 0 aliphatic heterocycles. The third-order valence-electron chi connectivity index (χ3n) is 3.94. The monoisotopic (exact) mass is 430 g/mol. The number of benzene rings is 2. The van der Waals surface area contributed by atoms with E-state index in [0.717, 1.165) is 11.3 Å². The summed E-state index contributed by atoms with van der Waals surface area (Å²) in [5.41, 5.74) is 1.21. The summed E-state index contributed by atoms with van der Waals surface area (Å²) in [6.45, 7) is 1.05. The number of nitrogens with one attached hydrogen (secondary N) is 1. The van der Waals surface area contributed by atoms with Gasteiger partial charge in [0.05, 0.1) is 0 Å². The van der Waals surface area contributed by atoms with Crippen molar-refractivity contribution in [3.63, 3.8) is 0 Å². The maximum atomic E-state index is 12.3. The molecule has 1 heterocycles. The van der Waals surface area contributed by atoms with Crippen molar-refractivity contribution in [1.82, 2.24) is 10.3 Å². The van der Waals surface area contributed by atoms with E-state index in [-0.39, 0.29) is 12.5 Å². The molecule has 2 aromatic carbocycles. The van der Waals surface area contributed by atoms with Gasteiger partial charge in [0.25, 0.3) is 11.7 Å². The number of thioether (sulfide) groups is 1. The average Bonchev–Trinajstić information content (AvgIpc) is 2.77. The first-order chi connectivity index (χ1) is 14.6. The number of rotatable bonds is 10. The van der Waals surface area contributed by atoms with Crippen LogP contribution in [-0.2, 0) is 6.54 Å². The molecule has 0 atom stereocenters. The highest BCUT2D eigenvalue weighted by Crippen LogP contribution is 2.25. The molecule has 3 aromatic rings. The van der Waals surface area contributed by atoms with Gasteiger partial charge in [-0.05, 0) is 42.0 Å². The smallest absolute Gasteiger partial charge is 0.288 e. The molecule has 0 unspecified atom stereocenters. The van der Waals surface area contributed by atoms with Crippen LogP contribution in [0.25, 0.3) is 0 Å². The van der Waals surface area contributed by atoms with E-state index in [9.17, 15) is 13.6 Å². The Morgan fingerprint density at radius 3 is 2.37 bits per heavy atom. The van der Waals surface area contributed by atoms with Crippen LogP contribution in [0.3, 0.4) is 0 Å². The number of ether oxygens (including phenoxy) is 2. The number of carbonyl (C=O) groups excluding carboxylic acids is 1. The number of carbonyl (C=O) groups is 1. The van der Waals surface area contributed by atoms with Crippen LogP contribution in [0, 0.1) is 0 Å². The Morgan fingerprint density at radius 1 is 0.967 bits per heavy atom. The second kappa shape index (κ2) is 11.2. The molecule has 30 heavy (non-hydrogen) atoms. The van der Waals surface area contributed by atoms with Gasteiger partial charge in [0, 0.05) is 29.3 Å². The maximum Gasteiger partial charge on any atom is 0.288 e. The largest absolute Gasteiger partial charge is 0.490 e. The lowest BCUT2D eigenvalue weighted by Crippen LogP contribution is -2.22. The minimum absolute atomic E-state index is 0.288. The van der Waals surface area contributed by atoms with E-state index in [1.807, 2.05) is 36.4 Å². The van der Waals surface area contributed by atoms with Crippen molar-refractivity contribution in [1.29, 1.82) is 0 Å². The van der Waals surface area contributed by atoms with Gasteiger partial charge in [-0.3, -0.25) is 4.79 Å². The third kappa shape index (κ3) is 7.04. The highest BCUT2D eigenvalue weighted by molar-refractivity contribution is 7.99. The van der Waals surface area contributed by atoms with Crippen LogP contribution in [0.15, 0.2) is 77.8 Å². The van der Waals surface area contributed by atoms with Gasteiger partial charge in [0.15, 0.2) is 0 Å². The topological polar surface area (TPSA) is 60.5 Å². The van der Waals surface area contributed by atoms with Crippen molar-refractivity contribution in [3.8, 4) is 11.6 Å². The van der Waals surface area contributed by atoms with Gasteiger partial charge >= 0.3 is 0 Å². The molecule has 1 N–H and O–H groups in total. The fraction of sp³-hybridized carbons (Fsp3) is 0.182. The van der Waals surface area contributed by atoms with Crippen molar-refractivity contribution >= 4 is 17.7 Å². The van der Waals surface area contributed by atoms with Gasteiger partial charge in [-0.25, -0.2) is 4.98 Å². The Hall–Kier alpha value is -3.13. The summed E-state index contributed by atoms with van der Waals surface area (Å²) in [5, 5.41) is 2.77. The SMILES string of the molecule is O=C(NCc1ccc(OCCOc2ccccc2)nc1)c1ccc(SC(F)F)cc1. The first kappa shape index (κ1) is 21.6. The van der Waals surface area contributed by atoms with Crippen molar-refractivity contribution in [3.05, 3.63) is 84.1 Å². The maximum absolute atomic E-state index is 12.3. The minimum Gasteiger partial charge on any atom is -0.490 e. The molecule has 8 heteroatoms. The van der Waals surface area contributed by atoms with Crippen molar-refractivity contribution in [2.45, 2.75) is 17.2 Å². The molecule has 0 bridgehead atoms. The fourth-order valence-corrected chi connectivity index (χ4v) is 2.99. The molecule has 3 rings (SSSR count). The average molecular weight is 430 g/mol. The van der Waals surface area contributed by atoms with Crippen LogP contribution in [0.5, 0.6) is 11.6 Å². The molecule has 5 nitrogen and oxygen atoms in total. The van der Waals surface area contributed by atoms with Crippen LogP contribution < -0.4 is 14.8 Å². The fourth-order valence-electron chi connectivity index (χ4n) is 2.50. The predicted octanol–water partition coefficient (Wildman–Crippen LogP) is 4.78. The van der Waals surface area contributed by atoms with Gasteiger partial charge in [0.1, 0.15) is 19.0 Å². The second-order valence-corrected chi connectivity index (χ2v) is 7.16. The Morgan fingerprint density at radius 2 is 1.70 bits per heavy atom. The van der Waals surface area contributed by atoms with Crippen LogP contribution in [0.4, 0.5) is 8.78 Å². The molecule has 0 aliphatic rings. The highest BCUT2D eigenvalue weighted by atomic mass is 32.2. The lowest BCUT2D eigenvalue weighted by molar-refractivity contribution is 0.0951. The zero-order chi connectivity index (χ0) is 21.2. The molecule has 0 saturated carbocycles. The van der Waals surface area contributed by atoms with Gasteiger partial charge < -0.3 is 14.8 Å². The number of hydrogen-bond acceptors (Lipinski definition) is 5. The number of amides is 1. The number of para-hydroxylation sites is 1. The van der Waals surface area contributed by atoms with Crippen molar-refractivity contribution in [2.24, 2.45) is 0 Å². The van der Waals surface area contributed by atoms with Gasteiger partial charge in [0.2, 0.25) is 5.88 Å². The number of alkyl halides is 2. The van der Waals surface area contributed by atoms with Crippen LogP contribution >= 0.6 is 11.8 Å². The number of halogens is 2. The van der Waals surface area contributed by atoms with E-state index in [0.29, 0.717) is 41.3 Å². The third-order valence-corrected chi connectivity index (χ3v) is 4.66. The van der Waals surface area contributed by atoms with Crippen LogP contribution in [0.2, 0.25) is 0 Å². The summed E-state index contributed by atoms with van der Waals surface area (Å²) < 4.78 is 35.8. The normalized spacial score (nSPS) is 10.6. The zero-order valence-corrected chi connectivity index (χ0v) is 16.8. The Bertz CT molecular complexity index is 923. The Labute approximate surface area is 177 Å². The van der Waals surface area contributed by atoms with E-state index in [2.05, 4.69) is 10.3 Å². The van der Waals surface area contributed by atoms with E-state index in [1.54, 1.807) is 12.3 Å². The summed E-state index contributed by atoms with van der Waals surface area (Å²) in [7, 11) is 0. The first-order valence-electron chi connectivity index (χ1n) is 9.19. The molecule has 0 aliphatic carbocycles. The van der Waals surface area contributed by atoms with Crippen molar-refractivity contribution in [2.75, 3.05) is 13.2 Å². The molecule has 1 amide bonds. The van der Waals surface area contributed by atoms with Gasteiger partial charge in [-0.15, -0.1) is 0 Å². The van der Waals surface area contributed by atoms with E-state index >= 15 is 0 Å². The summed E-state index contributed by atoms with van der Waals surface area (Å²) in [5.74, 6) is -1.53. The Kier molecular flexibility index (Phi) is 8.02. The second-order valence-electron chi connectivity index (χ2n) is 6.10. The standard InChI is InChI=1S/C22H20F2N2O3S/c23-22(24)30-19-9-7-17(8-10-19)21(27)26-15-16-6-11-20(25-14-16)29-13-12-28-18-4-2-1-3-5-18/h1-11,14,22H,12-13,15H2,(H,26,27). The van der Waals surface area contributed by atoms with Crippen LogP contribution in [0.1, 0.15) is 15.9 Å². The zero-order valence-electron chi connectivity index (χ0n) is 16.0. The number of pyridine rings is 1. The quantitative estimate of drug-likeness (QED) is 0.370. The predicted molar refractivity (Wildman–Crippen MR) is 111 cm³/mol. The molecule has 0 saturated heterocycles. The number of aromatic nitrogens is 1. The molecule has 1 aromatic heterocycles. The molecular weight excluding hydrogens is 410 g/mol. The minimum atomic E-state index is -2.49. The summed E-state index contributed by atoms with van der Waals surface area (Å²) >= 11 is 0.443. The number of nitrogens with zero attached hydrogens (tertiary/aromatic N) is 1. The summed E-state index contributed by atoms with van der Waals surface area (Å²) in [6, 6.07) is 19.0. The lowest BCUT2D eigenvalue weighted by atomic mass is 10.2. The molecule has 0 radical (unpaired) electrons. The lowest BCUT2D eigenvalue weighted by Gasteiger charge is -2.09. The van der Waals surface area contributed by atoms with E-state index < -0.39 is 5.76 Å². The van der Waals surface area contributed by atoms with Gasteiger partial charge in [-0.2, -0.15) is 8.78 Å². The highest BCUT2D eigenvalue weighted by Gasteiger charge is 2.08. The molecule has 0 spiro atoms. The molecular formula is C22H20F2N2O3S.